The smallest absolute Gasteiger partial charge is 0.146 e. The molecule has 106 valence electrons. The van der Waals surface area contributed by atoms with E-state index in [1.807, 2.05) is 18.2 Å². The van der Waals surface area contributed by atoms with Crippen LogP contribution in [0.2, 0.25) is 0 Å². The quantitative estimate of drug-likeness (QED) is 0.649. The van der Waals surface area contributed by atoms with Crippen LogP contribution in [0.15, 0.2) is 41.0 Å². The Morgan fingerprint density at radius 3 is 2.85 bits per heavy atom. The van der Waals surface area contributed by atoms with Crippen molar-refractivity contribution in [2.45, 2.75) is 12.5 Å². The summed E-state index contributed by atoms with van der Waals surface area (Å²) in [7, 11) is 1.60. The van der Waals surface area contributed by atoms with Gasteiger partial charge in [-0.25, -0.2) is 4.39 Å². The molecule has 4 nitrogen and oxygen atoms in total. The van der Waals surface area contributed by atoms with Gasteiger partial charge in [0, 0.05) is 6.20 Å². The Labute approximate surface area is 125 Å². The first-order valence-electron chi connectivity index (χ1n) is 6.04. The van der Waals surface area contributed by atoms with Crippen molar-refractivity contribution >= 4 is 15.9 Å². The zero-order valence-electron chi connectivity index (χ0n) is 10.9. The predicted molar refractivity (Wildman–Crippen MR) is 78.7 cm³/mol. The summed E-state index contributed by atoms with van der Waals surface area (Å²) >= 11 is 3.42. The fraction of sp³-hybridized carbons (Fsp3) is 0.214. The van der Waals surface area contributed by atoms with Gasteiger partial charge in [-0.2, -0.15) is 0 Å². The number of nitrogens with one attached hydrogen (secondary N) is 1. The van der Waals surface area contributed by atoms with E-state index in [4.69, 9.17) is 10.6 Å². The highest BCUT2D eigenvalue weighted by atomic mass is 79.9. The summed E-state index contributed by atoms with van der Waals surface area (Å²) in [6.07, 6.45) is 2.07. The lowest BCUT2D eigenvalue weighted by Gasteiger charge is -2.16. The Hall–Kier alpha value is -1.50. The van der Waals surface area contributed by atoms with Gasteiger partial charge in [0.1, 0.15) is 11.6 Å². The van der Waals surface area contributed by atoms with Gasteiger partial charge >= 0.3 is 0 Å². The third-order valence-corrected chi connectivity index (χ3v) is 3.59. The highest BCUT2D eigenvalue weighted by Crippen LogP contribution is 2.27. The minimum absolute atomic E-state index is 0.307. The number of nitrogens with two attached hydrogens (primary N) is 1. The largest absolute Gasteiger partial charge is 0.496 e. The molecular weight excluding hydrogens is 325 g/mol. The maximum absolute atomic E-state index is 13.7. The number of nitrogens with zero attached hydrogens (tertiary/aromatic N) is 1. The topological polar surface area (TPSA) is 60.2 Å². The Morgan fingerprint density at radius 1 is 1.45 bits per heavy atom. The molecule has 0 spiro atoms. The van der Waals surface area contributed by atoms with Crippen LogP contribution in [-0.4, -0.2) is 12.1 Å². The summed E-state index contributed by atoms with van der Waals surface area (Å²) in [5.74, 6) is 5.90. The SMILES string of the molecule is COc1ccc(CC(NN)c2ncccc2F)cc1Br. The van der Waals surface area contributed by atoms with Crippen molar-refractivity contribution < 1.29 is 9.13 Å². The second-order valence-electron chi connectivity index (χ2n) is 4.26. The number of methoxy groups -OCH3 is 1. The van der Waals surface area contributed by atoms with Gasteiger partial charge in [-0.3, -0.25) is 16.3 Å². The van der Waals surface area contributed by atoms with Gasteiger partial charge in [-0.1, -0.05) is 6.07 Å². The number of hydrogen-bond acceptors (Lipinski definition) is 4. The van der Waals surface area contributed by atoms with Crippen molar-refractivity contribution in [3.05, 3.63) is 58.1 Å². The molecule has 6 heteroatoms. The minimum Gasteiger partial charge on any atom is -0.496 e. The summed E-state index contributed by atoms with van der Waals surface area (Å²) < 4.78 is 19.8. The van der Waals surface area contributed by atoms with Crippen LogP contribution in [0.1, 0.15) is 17.3 Å². The van der Waals surface area contributed by atoms with Gasteiger partial charge in [0.2, 0.25) is 0 Å². The van der Waals surface area contributed by atoms with E-state index in [1.54, 1.807) is 19.4 Å². The van der Waals surface area contributed by atoms with Crippen LogP contribution in [0.5, 0.6) is 5.75 Å². The molecule has 1 aromatic carbocycles. The molecular formula is C14H15BrFN3O. The minimum atomic E-state index is -0.392. The molecule has 0 fully saturated rings. The number of halogens is 2. The normalized spacial score (nSPS) is 12.2. The van der Waals surface area contributed by atoms with Gasteiger partial charge in [-0.15, -0.1) is 0 Å². The van der Waals surface area contributed by atoms with Crippen LogP contribution >= 0.6 is 15.9 Å². The third-order valence-electron chi connectivity index (χ3n) is 2.97. The molecule has 0 saturated carbocycles. The van der Waals surface area contributed by atoms with Gasteiger partial charge in [-0.05, 0) is 52.2 Å². The molecule has 1 aromatic heterocycles. The highest BCUT2D eigenvalue weighted by molar-refractivity contribution is 9.10. The summed E-state index contributed by atoms with van der Waals surface area (Å²) in [4.78, 5) is 4.05. The monoisotopic (exact) mass is 339 g/mol. The zero-order chi connectivity index (χ0) is 14.5. The number of ether oxygens (including phenoxy) is 1. The van der Waals surface area contributed by atoms with E-state index in [9.17, 15) is 4.39 Å². The third kappa shape index (κ3) is 3.33. The van der Waals surface area contributed by atoms with E-state index in [0.717, 1.165) is 15.8 Å². The van der Waals surface area contributed by atoms with E-state index in [-0.39, 0.29) is 5.82 Å². The molecule has 0 aliphatic carbocycles. The van der Waals surface area contributed by atoms with Crippen molar-refractivity contribution in [1.82, 2.24) is 10.4 Å². The molecule has 0 saturated heterocycles. The lowest BCUT2D eigenvalue weighted by molar-refractivity contribution is 0.411. The summed E-state index contributed by atoms with van der Waals surface area (Å²) in [5.41, 5.74) is 3.91. The molecule has 1 atom stereocenters. The number of hydrazine groups is 1. The first-order valence-corrected chi connectivity index (χ1v) is 6.84. The molecule has 2 rings (SSSR count). The van der Waals surface area contributed by atoms with Crippen molar-refractivity contribution in [2.75, 3.05) is 7.11 Å². The number of hydrogen-bond donors (Lipinski definition) is 2. The molecule has 1 unspecified atom stereocenters. The Kier molecular flexibility index (Phi) is 5.05. The first-order chi connectivity index (χ1) is 9.65. The van der Waals surface area contributed by atoms with Crippen LogP contribution in [-0.2, 0) is 6.42 Å². The van der Waals surface area contributed by atoms with Gasteiger partial charge in [0.15, 0.2) is 0 Å². The standard InChI is InChI=1S/C14H15BrFN3O/c1-20-13-5-4-9(7-10(13)15)8-12(19-17)14-11(16)3-2-6-18-14/h2-7,12,19H,8,17H2,1H3. The summed E-state index contributed by atoms with van der Waals surface area (Å²) in [5, 5.41) is 0. The maximum atomic E-state index is 13.7. The zero-order valence-corrected chi connectivity index (χ0v) is 12.5. The first kappa shape index (κ1) is 14.9. The van der Waals surface area contributed by atoms with Gasteiger partial charge < -0.3 is 4.74 Å². The molecule has 2 aromatic rings. The second-order valence-corrected chi connectivity index (χ2v) is 5.12. The Balaban J connectivity index is 2.23. The predicted octanol–water partition coefficient (Wildman–Crippen LogP) is 2.74. The number of benzene rings is 1. The maximum Gasteiger partial charge on any atom is 0.146 e. The van der Waals surface area contributed by atoms with Crippen LogP contribution in [0.25, 0.3) is 0 Å². The molecule has 0 amide bonds. The average Bonchev–Trinajstić information content (AvgIpc) is 2.46. The number of aromatic nitrogens is 1. The molecule has 20 heavy (non-hydrogen) atoms. The molecule has 0 aliphatic rings. The van der Waals surface area contributed by atoms with Crippen LogP contribution < -0.4 is 16.0 Å². The van der Waals surface area contributed by atoms with Crippen molar-refractivity contribution in [3.63, 3.8) is 0 Å². The average molecular weight is 340 g/mol. The second kappa shape index (κ2) is 6.78. The number of rotatable bonds is 5. The molecule has 0 bridgehead atoms. The Bertz CT molecular complexity index is 594. The fourth-order valence-corrected chi connectivity index (χ4v) is 2.55. The van der Waals surface area contributed by atoms with Gasteiger partial charge in [0.05, 0.1) is 23.3 Å². The fourth-order valence-electron chi connectivity index (χ4n) is 1.96. The summed E-state index contributed by atoms with van der Waals surface area (Å²) in [6, 6.07) is 8.21. The molecule has 3 N–H and O–H groups in total. The Morgan fingerprint density at radius 2 is 2.25 bits per heavy atom. The van der Waals surface area contributed by atoms with E-state index in [2.05, 4.69) is 26.3 Å². The molecule has 0 radical (unpaired) electrons. The highest BCUT2D eigenvalue weighted by Gasteiger charge is 2.16. The lowest BCUT2D eigenvalue weighted by atomic mass is 10.0. The van der Waals surface area contributed by atoms with Crippen molar-refractivity contribution in [1.29, 1.82) is 0 Å². The van der Waals surface area contributed by atoms with E-state index >= 15 is 0 Å². The van der Waals surface area contributed by atoms with E-state index < -0.39 is 6.04 Å². The van der Waals surface area contributed by atoms with E-state index in [0.29, 0.717) is 12.1 Å². The van der Waals surface area contributed by atoms with Crippen molar-refractivity contribution in [2.24, 2.45) is 5.84 Å². The number of pyridine rings is 1. The van der Waals surface area contributed by atoms with Crippen molar-refractivity contribution in [3.8, 4) is 5.75 Å². The lowest BCUT2D eigenvalue weighted by Crippen LogP contribution is -2.31. The van der Waals surface area contributed by atoms with Crippen LogP contribution in [0.3, 0.4) is 0 Å². The molecule has 1 heterocycles. The van der Waals surface area contributed by atoms with Crippen LogP contribution in [0.4, 0.5) is 4.39 Å². The van der Waals surface area contributed by atoms with Gasteiger partial charge in [0.25, 0.3) is 0 Å². The molecule has 0 aliphatic heterocycles. The van der Waals surface area contributed by atoms with E-state index in [1.165, 1.54) is 6.07 Å². The summed E-state index contributed by atoms with van der Waals surface area (Å²) in [6.45, 7) is 0. The van der Waals surface area contributed by atoms with Crippen LogP contribution in [0, 0.1) is 5.82 Å².